The zero-order chi connectivity index (χ0) is 5.15. The maximum absolute atomic E-state index is 2.30. The molecular formula is C4H6I2. The van der Waals surface area contributed by atoms with E-state index in [0.717, 1.165) is 0 Å². The average molecular weight is 308 g/mol. The molecule has 0 rings (SSSR count). The molecule has 0 saturated heterocycles. The van der Waals surface area contributed by atoms with Gasteiger partial charge in [-0.3, -0.25) is 0 Å². The van der Waals surface area contributed by atoms with Gasteiger partial charge in [0.1, 0.15) is 0 Å². The second-order valence-corrected chi connectivity index (χ2v) is 5.48. The molecule has 0 spiro atoms. The largest absolute Gasteiger partial charge is 0.0569 e. The van der Waals surface area contributed by atoms with Gasteiger partial charge in [-0.15, -0.1) is 0 Å². The Kier molecular flexibility index (Phi) is 3.88. The molecule has 0 radical (unpaired) electrons. The maximum Gasteiger partial charge on any atom is 0.0500 e. The smallest absolute Gasteiger partial charge is 0.0500 e. The molecule has 0 N–H and O–H groups in total. The molecule has 0 aliphatic rings. The third-order valence-electron chi connectivity index (χ3n) is 0.378. The summed E-state index contributed by atoms with van der Waals surface area (Å²) < 4.78 is 1.37. The number of hydrogen-bond donors (Lipinski definition) is 0. The fourth-order valence-corrected chi connectivity index (χ4v) is 0. The summed E-state index contributed by atoms with van der Waals surface area (Å²) in [5, 5.41) is 0. The third-order valence-corrected chi connectivity index (χ3v) is 2.54. The van der Waals surface area contributed by atoms with Gasteiger partial charge in [0.15, 0.2) is 0 Å². The van der Waals surface area contributed by atoms with Crippen molar-refractivity contribution in [2.45, 2.75) is 13.8 Å². The number of halogens is 2. The Morgan fingerprint density at radius 1 is 1.17 bits per heavy atom. The van der Waals surface area contributed by atoms with E-state index in [-0.39, 0.29) is 0 Å². The van der Waals surface area contributed by atoms with Crippen molar-refractivity contribution < 1.29 is 0 Å². The van der Waals surface area contributed by atoms with Crippen LogP contribution in [0.2, 0.25) is 0 Å². The molecule has 0 aliphatic carbocycles. The van der Waals surface area contributed by atoms with Crippen molar-refractivity contribution in [3.63, 3.8) is 0 Å². The topological polar surface area (TPSA) is 0 Å². The summed E-state index contributed by atoms with van der Waals surface area (Å²) in [6, 6.07) is 0. The Morgan fingerprint density at radius 3 is 1.33 bits per heavy atom. The molecule has 0 aromatic rings. The SMILES string of the molecule is CC(C)=C(I)I. The summed E-state index contributed by atoms with van der Waals surface area (Å²) in [7, 11) is 0. The Balaban J connectivity index is 3.68. The second kappa shape index (κ2) is 3.23. The van der Waals surface area contributed by atoms with Crippen molar-refractivity contribution >= 4 is 45.2 Å². The molecule has 0 saturated carbocycles. The van der Waals surface area contributed by atoms with Crippen LogP contribution in [0.3, 0.4) is 0 Å². The van der Waals surface area contributed by atoms with E-state index < -0.39 is 0 Å². The molecule has 0 nitrogen and oxygen atoms in total. The van der Waals surface area contributed by atoms with E-state index in [1.807, 2.05) is 0 Å². The highest BCUT2D eigenvalue weighted by Gasteiger charge is 1.80. The first-order valence-corrected chi connectivity index (χ1v) is 3.79. The molecule has 0 atom stereocenters. The van der Waals surface area contributed by atoms with Crippen LogP contribution >= 0.6 is 45.2 Å². The van der Waals surface area contributed by atoms with Crippen LogP contribution in [-0.4, -0.2) is 0 Å². The van der Waals surface area contributed by atoms with E-state index >= 15 is 0 Å². The van der Waals surface area contributed by atoms with Gasteiger partial charge in [0.05, 0.1) is 1.59 Å². The van der Waals surface area contributed by atoms with Crippen molar-refractivity contribution in [3.8, 4) is 0 Å². The van der Waals surface area contributed by atoms with Crippen LogP contribution < -0.4 is 0 Å². The van der Waals surface area contributed by atoms with Crippen molar-refractivity contribution in [1.29, 1.82) is 0 Å². The lowest BCUT2D eigenvalue weighted by atomic mass is 10.4. The van der Waals surface area contributed by atoms with E-state index in [4.69, 9.17) is 0 Å². The number of allylic oxidation sites excluding steroid dienone is 1. The Morgan fingerprint density at radius 2 is 1.33 bits per heavy atom. The molecule has 6 heavy (non-hydrogen) atoms. The minimum Gasteiger partial charge on any atom is -0.0569 e. The minimum atomic E-state index is 1.37. The predicted octanol–water partition coefficient (Wildman–Crippen LogP) is 3.11. The first-order chi connectivity index (χ1) is 2.64. The second-order valence-electron chi connectivity index (χ2n) is 1.26. The van der Waals surface area contributed by atoms with Gasteiger partial charge < -0.3 is 0 Å². The van der Waals surface area contributed by atoms with Crippen molar-refractivity contribution in [2.24, 2.45) is 0 Å². The zero-order valence-corrected chi connectivity index (χ0v) is 8.07. The summed E-state index contributed by atoms with van der Waals surface area (Å²) in [5.41, 5.74) is 1.40. The van der Waals surface area contributed by atoms with E-state index in [2.05, 4.69) is 59.0 Å². The first kappa shape index (κ1) is 7.20. The van der Waals surface area contributed by atoms with Gasteiger partial charge in [0.25, 0.3) is 0 Å². The Bertz CT molecular complexity index is 55.6. The molecule has 0 aromatic carbocycles. The van der Waals surface area contributed by atoms with E-state index in [0.29, 0.717) is 0 Å². The fourth-order valence-electron chi connectivity index (χ4n) is 0. The summed E-state index contributed by atoms with van der Waals surface area (Å²) in [6.45, 7) is 4.21. The van der Waals surface area contributed by atoms with Gasteiger partial charge in [0.2, 0.25) is 0 Å². The summed E-state index contributed by atoms with van der Waals surface area (Å²) in [4.78, 5) is 0. The molecule has 36 valence electrons. The lowest BCUT2D eigenvalue weighted by Crippen LogP contribution is -1.57. The number of hydrogen-bond acceptors (Lipinski definition) is 0. The maximum atomic E-state index is 2.30. The quantitative estimate of drug-likeness (QED) is 0.603. The molecule has 0 heterocycles. The highest BCUT2D eigenvalue weighted by molar-refractivity contribution is 14.2. The van der Waals surface area contributed by atoms with Crippen molar-refractivity contribution in [3.05, 3.63) is 7.16 Å². The molecule has 2 heteroatoms. The van der Waals surface area contributed by atoms with Gasteiger partial charge in [0, 0.05) is 0 Å². The van der Waals surface area contributed by atoms with Gasteiger partial charge in [-0.25, -0.2) is 0 Å². The fraction of sp³-hybridized carbons (Fsp3) is 0.500. The normalized spacial score (nSPS) is 8.00. The van der Waals surface area contributed by atoms with Crippen molar-refractivity contribution in [1.82, 2.24) is 0 Å². The third kappa shape index (κ3) is 3.39. The van der Waals surface area contributed by atoms with Crippen LogP contribution in [0.4, 0.5) is 0 Å². The highest BCUT2D eigenvalue weighted by atomic mass is 127. The van der Waals surface area contributed by atoms with Crippen LogP contribution in [0.15, 0.2) is 7.16 Å². The summed E-state index contributed by atoms with van der Waals surface area (Å²) in [5.74, 6) is 0. The predicted molar refractivity (Wildman–Crippen MR) is 46.4 cm³/mol. The van der Waals surface area contributed by atoms with E-state index in [9.17, 15) is 0 Å². The van der Waals surface area contributed by atoms with Crippen molar-refractivity contribution in [2.75, 3.05) is 0 Å². The Hall–Kier alpha value is 1.20. The first-order valence-electron chi connectivity index (χ1n) is 1.63. The van der Waals surface area contributed by atoms with Crippen LogP contribution in [0.5, 0.6) is 0 Å². The molecule has 0 aromatic heterocycles. The Labute approximate surface area is 65.7 Å². The molecule has 0 unspecified atom stereocenters. The van der Waals surface area contributed by atoms with Gasteiger partial charge >= 0.3 is 0 Å². The minimum absolute atomic E-state index is 1.37. The number of rotatable bonds is 0. The van der Waals surface area contributed by atoms with Crippen LogP contribution in [-0.2, 0) is 0 Å². The van der Waals surface area contributed by atoms with E-state index in [1.54, 1.807) is 0 Å². The lowest BCUT2D eigenvalue weighted by molar-refractivity contribution is 1.42. The van der Waals surface area contributed by atoms with Gasteiger partial charge in [-0.2, -0.15) is 0 Å². The molecular weight excluding hydrogens is 302 g/mol. The van der Waals surface area contributed by atoms with Crippen LogP contribution in [0, 0.1) is 0 Å². The lowest BCUT2D eigenvalue weighted by Gasteiger charge is -1.83. The average Bonchev–Trinajstić information content (AvgIpc) is 1.36. The zero-order valence-electron chi connectivity index (χ0n) is 3.76. The van der Waals surface area contributed by atoms with Crippen LogP contribution in [0.1, 0.15) is 13.8 Å². The van der Waals surface area contributed by atoms with Gasteiger partial charge in [-0.05, 0) is 59.0 Å². The summed E-state index contributed by atoms with van der Waals surface area (Å²) >= 11 is 4.60. The molecule has 0 amide bonds. The summed E-state index contributed by atoms with van der Waals surface area (Å²) in [6.07, 6.45) is 0. The van der Waals surface area contributed by atoms with Crippen LogP contribution in [0.25, 0.3) is 0 Å². The standard InChI is InChI=1S/C4H6I2/c1-3(2)4(5)6/h1-2H3. The highest BCUT2D eigenvalue weighted by Crippen LogP contribution is 2.18. The monoisotopic (exact) mass is 308 g/mol. The van der Waals surface area contributed by atoms with Gasteiger partial charge in [-0.1, -0.05) is 5.57 Å². The molecule has 0 aliphatic heterocycles. The molecule has 0 fully saturated rings. The molecule has 0 bridgehead atoms. The van der Waals surface area contributed by atoms with E-state index in [1.165, 1.54) is 7.16 Å².